The first-order chi connectivity index (χ1) is 10.1. The Bertz CT molecular complexity index is 689. The molecule has 5 heteroatoms. The molecular weight excluding hydrogens is 266 g/mol. The molecule has 1 heterocycles. The van der Waals surface area contributed by atoms with Crippen molar-refractivity contribution in [2.24, 2.45) is 5.92 Å². The van der Waals surface area contributed by atoms with Gasteiger partial charge in [0.1, 0.15) is 0 Å². The second-order valence-electron chi connectivity index (χ2n) is 5.29. The van der Waals surface area contributed by atoms with Gasteiger partial charge in [0.25, 0.3) is 11.5 Å². The molecular formula is C16H21N3O2. The van der Waals surface area contributed by atoms with Gasteiger partial charge in [-0.05, 0) is 18.9 Å². The van der Waals surface area contributed by atoms with Gasteiger partial charge in [0.2, 0.25) is 0 Å². The Morgan fingerprint density at radius 1 is 1.24 bits per heavy atom. The molecule has 0 aliphatic heterocycles. The number of fused-ring (bicyclic) bond motifs is 1. The van der Waals surface area contributed by atoms with E-state index in [4.69, 9.17) is 0 Å². The molecule has 5 nitrogen and oxygen atoms in total. The quantitative estimate of drug-likeness (QED) is 0.887. The summed E-state index contributed by atoms with van der Waals surface area (Å²) in [5.74, 6) is 0.185. The topological polar surface area (TPSA) is 74.8 Å². The minimum atomic E-state index is -0.282. The number of benzene rings is 1. The fraction of sp³-hybridized carbons (Fsp3) is 0.438. The lowest BCUT2D eigenvalue weighted by Gasteiger charge is -2.22. The number of nitrogens with one attached hydrogen (secondary N) is 2. The van der Waals surface area contributed by atoms with Gasteiger partial charge < -0.3 is 5.32 Å². The number of nitrogens with zero attached hydrogens (tertiary/aromatic N) is 1. The molecule has 0 radical (unpaired) electrons. The average Bonchev–Trinajstić information content (AvgIpc) is 2.49. The maximum absolute atomic E-state index is 12.4. The van der Waals surface area contributed by atoms with Crippen molar-refractivity contribution < 1.29 is 4.79 Å². The van der Waals surface area contributed by atoms with E-state index in [2.05, 4.69) is 29.4 Å². The summed E-state index contributed by atoms with van der Waals surface area (Å²) in [4.78, 5) is 24.1. The highest BCUT2D eigenvalue weighted by Crippen LogP contribution is 2.15. The van der Waals surface area contributed by atoms with E-state index in [1.807, 2.05) is 6.92 Å². The lowest BCUT2D eigenvalue weighted by Crippen LogP contribution is -2.38. The third-order valence-corrected chi connectivity index (χ3v) is 4.03. The lowest BCUT2D eigenvalue weighted by atomic mass is 9.95. The van der Waals surface area contributed by atoms with E-state index in [0.29, 0.717) is 16.7 Å². The van der Waals surface area contributed by atoms with E-state index in [1.165, 1.54) is 0 Å². The maximum atomic E-state index is 12.4. The molecule has 0 aliphatic carbocycles. The van der Waals surface area contributed by atoms with Crippen LogP contribution in [0.3, 0.4) is 0 Å². The second kappa shape index (κ2) is 6.52. The van der Waals surface area contributed by atoms with E-state index < -0.39 is 0 Å². The summed E-state index contributed by atoms with van der Waals surface area (Å²) in [5.41, 5.74) is -0.0156. The molecule has 1 aromatic heterocycles. The molecule has 2 rings (SSSR count). The zero-order valence-electron chi connectivity index (χ0n) is 12.6. The molecule has 1 aromatic carbocycles. The van der Waals surface area contributed by atoms with Gasteiger partial charge >= 0.3 is 0 Å². The first-order valence-electron chi connectivity index (χ1n) is 7.36. The van der Waals surface area contributed by atoms with Crippen molar-refractivity contribution in [3.63, 3.8) is 0 Å². The Labute approximate surface area is 123 Å². The van der Waals surface area contributed by atoms with Gasteiger partial charge in [0, 0.05) is 11.4 Å². The van der Waals surface area contributed by atoms with Crippen LogP contribution in [0.5, 0.6) is 0 Å². The van der Waals surface area contributed by atoms with E-state index >= 15 is 0 Å². The Balaban J connectivity index is 2.32. The standard InChI is InChI=1S/C16H21N3O2/c1-4-11(5-2)10(3)17-16(21)14-12-8-6-7-9-13(12)15(20)19-18-14/h6-11H,4-5H2,1-3H3,(H,17,21)(H,19,20). The summed E-state index contributed by atoms with van der Waals surface area (Å²) >= 11 is 0. The van der Waals surface area contributed by atoms with E-state index in [9.17, 15) is 9.59 Å². The van der Waals surface area contributed by atoms with Crippen LogP contribution in [-0.4, -0.2) is 22.1 Å². The maximum Gasteiger partial charge on any atom is 0.272 e. The SMILES string of the molecule is CCC(CC)C(C)NC(=O)c1n[nH]c(=O)c2ccccc12. The van der Waals surface area contributed by atoms with Crippen LogP contribution in [0.25, 0.3) is 10.8 Å². The minimum absolute atomic E-state index is 0.0694. The molecule has 0 saturated heterocycles. The first kappa shape index (κ1) is 15.2. The number of aromatic nitrogens is 2. The highest BCUT2D eigenvalue weighted by molar-refractivity contribution is 6.04. The fourth-order valence-corrected chi connectivity index (χ4v) is 2.68. The third kappa shape index (κ3) is 3.12. The third-order valence-electron chi connectivity index (χ3n) is 4.03. The van der Waals surface area contributed by atoms with Crippen molar-refractivity contribution in [2.45, 2.75) is 39.7 Å². The summed E-state index contributed by atoms with van der Waals surface area (Å²) in [6.45, 7) is 6.23. The summed E-state index contributed by atoms with van der Waals surface area (Å²) < 4.78 is 0. The number of aromatic amines is 1. The molecule has 0 aliphatic rings. The largest absolute Gasteiger partial charge is 0.348 e. The van der Waals surface area contributed by atoms with Gasteiger partial charge in [0.15, 0.2) is 5.69 Å². The number of carbonyl (C=O) groups excluding carboxylic acids is 1. The monoisotopic (exact) mass is 287 g/mol. The normalized spacial score (nSPS) is 12.6. The van der Waals surface area contributed by atoms with Crippen LogP contribution in [0, 0.1) is 5.92 Å². The van der Waals surface area contributed by atoms with Crippen LogP contribution >= 0.6 is 0 Å². The molecule has 2 N–H and O–H groups in total. The summed E-state index contributed by atoms with van der Waals surface area (Å²) in [7, 11) is 0. The Hall–Kier alpha value is -2.17. The Morgan fingerprint density at radius 2 is 1.86 bits per heavy atom. The molecule has 0 spiro atoms. The summed E-state index contributed by atoms with van der Waals surface area (Å²) in [6, 6.07) is 7.07. The summed E-state index contributed by atoms with van der Waals surface area (Å²) in [5, 5.41) is 10.4. The molecule has 0 saturated carbocycles. The van der Waals surface area contributed by atoms with Gasteiger partial charge in [-0.2, -0.15) is 5.10 Å². The van der Waals surface area contributed by atoms with E-state index in [0.717, 1.165) is 12.8 Å². The van der Waals surface area contributed by atoms with Crippen LogP contribution in [0.1, 0.15) is 44.1 Å². The highest BCUT2D eigenvalue weighted by Gasteiger charge is 2.19. The molecule has 112 valence electrons. The lowest BCUT2D eigenvalue weighted by molar-refractivity contribution is 0.0921. The van der Waals surface area contributed by atoms with Crippen molar-refractivity contribution in [1.82, 2.24) is 15.5 Å². The van der Waals surface area contributed by atoms with Gasteiger partial charge in [-0.15, -0.1) is 0 Å². The van der Waals surface area contributed by atoms with Crippen molar-refractivity contribution >= 4 is 16.7 Å². The van der Waals surface area contributed by atoms with E-state index in [1.54, 1.807) is 24.3 Å². The van der Waals surface area contributed by atoms with Gasteiger partial charge in [-0.25, -0.2) is 5.10 Å². The highest BCUT2D eigenvalue weighted by atomic mass is 16.2. The fourth-order valence-electron chi connectivity index (χ4n) is 2.68. The molecule has 0 bridgehead atoms. The second-order valence-corrected chi connectivity index (χ2v) is 5.29. The zero-order chi connectivity index (χ0) is 15.4. The zero-order valence-corrected chi connectivity index (χ0v) is 12.6. The number of hydrogen-bond donors (Lipinski definition) is 2. The molecule has 1 amide bonds. The van der Waals surface area contributed by atoms with Crippen molar-refractivity contribution in [1.29, 1.82) is 0 Å². The van der Waals surface area contributed by atoms with E-state index in [-0.39, 0.29) is 23.2 Å². The molecule has 0 fully saturated rings. The van der Waals surface area contributed by atoms with Crippen LogP contribution in [0.15, 0.2) is 29.1 Å². The van der Waals surface area contributed by atoms with Crippen LogP contribution in [0.4, 0.5) is 0 Å². The number of hydrogen-bond acceptors (Lipinski definition) is 3. The molecule has 1 atom stereocenters. The predicted octanol–water partition coefficient (Wildman–Crippen LogP) is 2.48. The van der Waals surface area contributed by atoms with Gasteiger partial charge in [-0.3, -0.25) is 9.59 Å². The number of rotatable bonds is 5. The van der Waals surface area contributed by atoms with Crippen LogP contribution < -0.4 is 10.9 Å². The first-order valence-corrected chi connectivity index (χ1v) is 7.36. The van der Waals surface area contributed by atoms with Crippen molar-refractivity contribution in [3.05, 3.63) is 40.3 Å². The van der Waals surface area contributed by atoms with Gasteiger partial charge in [-0.1, -0.05) is 44.9 Å². The number of H-pyrrole nitrogens is 1. The van der Waals surface area contributed by atoms with Crippen LogP contribution in [0.2, 0.25) is 0 Å². The number of amides is 1. The summed E-state index contributed by atoms with van der Waals surface area (Å²) in [6.07, 6.45) is 2.02. The average molecular weight is 287 g/mol. The Morgan fingerprint density at radius 3 is 2.48 bits per heavy atom. The minimum Gasteiger partial charge on any atom is -0.348 e. The van der Waals surface area contributed by atoms with Crippen LogP contribution in [-0.2, 0) is 0 Å². The molecule has 2 aromatic rings. The molecule has 1 unspecified atom stereocenters. The van der Waals surface area contributed by atoms with Gasteiger partial charge in [0.05, 0.1) is 5.39 Å². The van der Waals surface area contributed by atoms with Crippen molar-refractivity contribution in [3.8, 4) is 0 Å². The molecule has 21 heavy (non-hydrogen) atoms. The van der Waals surface area contributed by atoms with Crippen molar-refractivity contribution in [2.75, 3.05) is 0 Å². The smallest absolute Gasteiger partial charge is 0.272 e. The predicted molar refractivity (Wildman–Crippen MR) is 83.4 cm³/mol. The number of carbonyl (C=O) groups is 1. The Kier molecular flexibility index (Phi) is 4.73.